The van der Waals surface area contributed by atoms with Crippen LogP contribution in [0.4, 0.5) is 0 Å². The molecule has 0 radical (unpaired) electrons. The predicted octanol–water partition coefficient (Wildman–Crippen LogP) is 2.04. The number of hydrogen-bond donors (Lipinski definition) is 2. The van der Waals surface area contributed by atoms with Crippen molar-refractivity contribution in [3.8, 4) is 6.07 Å². The van der Waals surface area contributed by atoms with Gasteiger partial charge in [0.15, 0.2) is 0 Å². The largest absolute Gasteiger partial charge is 0.481 e. The van der Waals surface area contributed by atoms with Gasteiger partial charge in [-0.25, -0.2) is 0 Å². The second-order valence-corrected chi connectivity index (χ2v) is 3.58. The van der Waals surface area contributed by atoms with E-state index in [1.807, 2.05) is 13.0 Å². The molecule has 0 bridgehead atoms. The molecule has 0 spiro atoms. The topological polar surface area (TPSA) is 61.1 Å². The molecule has 1 aromatic rings. The van der Waals surface area contributed by atoms with Crippen LogP contribution in [0.25, 0.3) is 0 Å². The monoisotopic (exact) mass is 221 g/mol. The van der Waals surface area contributed by atoms with E-state index < -0.39 is 5.97 Å². The zero-order chi connectivity index (χ0) is 11.4. The highest BCUT2D eigenvalue weighted by Crippen LogP contribution is 2.23. The number of nitrogens with zero attached hydrogens (tertiary/aromatic N) is 1. The summed E-state index contributed by atoms with van der Waals surface area (Å²) in [5, 5.41) is 17.6. The molecule has 0 heterocycles. The Balaban J connectivity index is 3.30. The molecule has 4 heteroatoms. The summed E-state index contributed by atoms with van der Waals surface area (Å²) in [5.41, 5.74) is 2.00. The van der Waals surface area contributed by atoms with E-state index in [0.717, 1.165) is 12.0 Å². The molecule has 78 valence electrons. The maximum atomic E-state index is 10.7. The van der Waals surface area contributed by atoms with Crippen LogP contribution in [0.1, 0.15) is 23.6 Å². The van der Waals surface area contributed by atoms with Crippen molar-refractivity contribution >= 4 is 18.6 Å². The van der Waals surface area contributed by atoms with Gasteiger partial charge in [-0.3, -0.25) is 4.79 Å². The smallest absolute Gasteiger partial charge is 0.307 e. The van der Waals surface area contributed by atoms with E-state index in [-0.39, 0.29) is 6.42 Å². The third-order valence-electron chi connectivity index (χ3n) is 2.21. The Morgan fingerprint density at radius 3 is 2.73 bits per heavy atom. The first kappa shape index (κ1) is 11.6. The van der Waals surface area contributed by atoms with Crippen LogP contribution in [0.3, 0.4) is 0 Å². The van der Waals surface area contributed by atoms with Crippen LogP contribution in [-0.4, -0.2) is 11.1 Å². The number of carbonyl (C=O) groups is 1. The van der Waals surface area contributed by atoms with E-state index in [9.17, 15) is 4.79 Å². The quantitative estimate of drug-likeness (QED) is 0.768. The number of aryl methyl sites for hydroxylation is 1. The van der Waals surface area contributed by atoms with Crippen LogP contribution in [0, 0.1) is 11.3 Å². The lowest BCUT2D eigenvalue weighted by Gasteiger charge is -2.09. The van der Waals surface area contributed by atoms with Crippen LogP contribution in [0.2, 0.25) is 0 Å². The second-order valence-electron chi connectivity index (χ2n) is 3.14. The van der Waals surface area contributed by atoms with Crippen molar-refractivity contribution in [2.24, 2.45) is 0 Å². The summed E-state index contributed by atoms with van der Waals surface area (Å²) in [6, 6.07) is 5.45. The Hall–Kier alpha value is -1.47. The van der Waals surface area contributed by atoms with Crippen molar-refractivity contribution in [3.05, 3.63) is 28.8 Å². The molecule has 0 amide bonds. The third kappa shape index (κ3) is 2.51. The first-order valence-corrected chi connectivity index (χ1v) is 5.00. The lowest BCUT2D eigenvalue weighted by Crippen LogP contribution is -2.05. The third-order valence-corrected chi connectivity index (χ3v) is 2.72. The Labute approximate surface area is 93.8 Å². The fraction of sp³-hybridized carbons (Fsp3) is 0.273. The first-order chi connectivity index (χ1) is 7.10. The highest BCUT2D eigenvalue weighted by molar-refractivity contribution is 7.80. The van der Waals surface area contributed by atoms with Crippen molar-refractivity contribution in [2.75, 3.05) is 0 Å². The normalized spacial score (nSPS) is 9.67. The summed E-state index contributed by atoms with van der Waals surface area (Å²) in [6.45, 7) is 1.94. The van der Waals surface area contributed by atoms with Crippen LogP contribution in [0.5, 0.6) is 0 Å². The molecule has 1 aromatic carbocycles. The molecule has 0 atom stereocenters. The van der Waals surface area contributed by atoms with Gasteiger partial charge in [-0.05, 0) is 23.6 Å². The molecule has 1 rings (SSSR count). The summed E-state index contributed by atoms with van der Waals surface area (Å²) in [4.78, 5) is 11.2. The summed E-state index contributed by atoms with van der Waals surface area (Å²) in [6.07, 6.45) is 0.652. The Morgan fingerprint density at radius 1 is 1.60 bits per heavy atom. The maximum Gasteiger partial charge on any atom is 0.307 e. The SMILES string of the molecule is CCc1ccc(C#N)c(S)c1CC(=O)O. The Bertz CT molecular complexity index is 435. The predicted molar refractivity (Wildman–Crippen MR) is 59.1 cm³/mol. The van der Waals surface area contributed by atoms with Gasteiger partial charge in [-0.2, -0.15) is 5.26 Å². The average molecular weight is 221 g/mol. The second kappa shape index (κ2) is 4.85. The van der Waals surface area contributed by atoms with E-state index >= 15 is 0 Å². The number of aliphatic carboxylic acids is 1. The lowest BCUT2D eigenvalue weighted by molar-refractivity contribution is -0.136. The van der Waals surface area contributed by atoms with Gasteiger partial charge in [0, 0.05) is 4.90 Å². The number of carboxylic acids is 1. The Morgan fingerprint density at radius 2 is 2.27 bits per heavy atom. The minimum Gasteiger partial charge on any atom is -0.481 e. The highest BCUT2D eigenvalue weighted by Gasteiger charge is 2.12. The number of rotatable bonds is 3. The fourth-order valence-electron chi connectivity index (χ4n) is 1.45. The minimum atomic E-state index is -0.907. The molecule has 0 unspecified atom stereocenters. The average Bonchev–Trinajstić information content (AvgIpc) is 2.20. The molecule has 0 aliphatic carbocycles. The van der Waals surface area contributed by atoms with Gasteiger partial charge in [-0.1, -0.05) is 13.0 Å². The Kier molecular flexibility index (Phi) is 3.75. The van der Waals surface area contributed by atoms with Crippen LogP contribution in [-0.2, 0) is 17.6 Å². The fourth-order valence-corrected chi connectivity index (χ4v) is 1.80. The molecular formula is C11H11NO2S. The van der Waals surface area contributed by atoms with Gasteiger partial charge in [0.1, 0.15) is 6.07 Å². The highest BCUT2D eigenvalue weighted by atomic mass is 32.1. The van der Waals surface area contributed by atoms with Gasteiger partial charge < -0.3 is 5.11 Å². The number of benzene rings is 1. The summed E-state index contributed by atoms with van der Waals surface area (Å²) in [7, 11) is 0. The van der Waals surface area contributed by atoms with Crippen molar-refractivity contribution in [2.45, 2.75) is 24.7 Å². The van der Waals surface area contributed by atoms with Crippen molar-refractivity contribution in [1.29, 1.82) is 5.26 Å². The minimum absolute atomic E-state index is 0.0858. The van der Waals surface area contributed by atoms with Crippen molar-refractivity contribution in [1.82, 2.24) is 0 Å². The first-order valence-electron chi connectivity index (χ1n) is 4.55. The van der Waals surface area contributed by atoms with Crippen LogP contribution in [0.15, 0.2) is 17.0 Å². The van der Waals surface area contributed by atoms with Crippen LogP contribution >= 0.6 is 12.6 Å². The molecular weight excluding hydrogens is 210 g/mol. The maximum absolute atomic E-state index is 10.7. The van der Waals surface area contributed by atoms with Crippen molar-refractivity contribution < 1.29 is 9.90 Å². The van der Waals surface area contributed by atoms with E-state index in [4.69, 9.17) is 10.4 Å². The lowest BCUT2D eigenvalue weighted by atomic mass is 9.99. The number of thiol groups is 1. The summed E-state index contributed by atoms with van der Waals surface area (Å²) in [5.74, 6) is -0.907. The van der Waals surface area contributed by atoms with E-state index in [1.54, 1.807) is 12.1 Å². The standard InChI is InChI=1S/C11H11NO2S/c1-2-7-3-4-8(6-12)11(15)9(7)5-10(13)14/h3-4,15H,2,5H2,1H3,(H,13,14). The molecule has 0 fully saturated rings. The van der Waals surface area contributed by atoms with E-state index in [1.165, 1.54) is 0 Å². The molecule has 1 N–H and O–H groups in total. The molecule has 0 aliphatic heterocycles. The number of carboxylic acid groups (broad SMARTS) is 1. The molecule has 0 saturated carbocycles. The summed E-state index contributed by atoms with van der Waals surface area (Å²) >= 11 is 4.20. The molecule has 0 aromatic heterocycles. The number of hydrogen-bond acceptors (Lipinski definition) is 3. The molecule has 0 aliphatic rings. The van der Waals surface area contributed by atoms with Crippen molar-refractivity contribution in [3.63, 3.8) is 0 Å². The van der Waals surface area contributed by atoms with Gasteiger partial charge >= 0.3 is 5.97 Å². The zero-order valence-electron chi connectivity index (χ0n) is 8.32. The number of nitriles is 1. The molecule has 3 nitrogen and oxygen atoms in total. The van der Waals surface area contributed by atoms with Gasteiger partial charge in [0.2, 0.25) is 0 Å². The van der Waals surface area contributed by atoms with E-state index in [0.29, 0.717) is 16.0 Å². The van der Waals surface area contributed by atoms with Gasteiger partial charge in [-0.15, -0.1) is 12.6 Å². The summed E-state index contributed by atoms with van der Waals surface area (Å²) < 4.78 is 0. The molecule has 15 heavy (non-hydrogen) atoms. The van der Waals surface area contributed by atoms with Gasteiger partial charge in [0.25, 0.3) is 0 Å². The zero-order valence-corrected chi connectivity index (χ0v) is 9.21. The van der Waals surface area contributed by atoms with Crippen LogP contribution < -0.4 is 0 Å². The van der Waals surface area contributed by atoms with Gasteiger partial charge in [0.05, 0.1) is 12.0 Å². The molecule has 0 saturated heterocycles. The van der Waals surface area contributed by atoms with E-state index in [2.05, 4.69) is 12.6 Å².